The fraction of sp³-hybridized carbons (Fsp3) is 0.733. The minimum atomic E-state index is 0.0424. The number of hydrogen-bond donors (Lipinski definition) is 2. The highest BCUT2D eigenvalue weighted by Gasteiger charge is 2.16. The van der Waals surface area contributed by atoms with Gasteiger partial charge in [0.05, 0.1) is 6.10 Å². The van der Waals surface area contributed by atoms with Gasteiger partial charge in [0, 0.05) is 12.6 Å². The Morgan fingerprint density at radius 3 is 2.62 bits per heavy atom. The van der Waals surface area contributed by atoms with Gasteiger partial charge in [-0.15, -0.1) is 0 Å². The summed E-state index contributed by atoms with van der Waals surface area (Å²) in [5, 5.41) is 3.37. The van der Waals surface area contributed by atoms with E-state index in [2.05, 4.69) is 27.1 Å². The molecular weight excluding hydrogens is 266 g/mol. The largest absolute Gasteiger partial charge is 0.473 e. The Morgan fingerprint density at radius 2 is 1.95 bits per heavy atom. The number of nitrogens with zero attached hydrogens (tertiary/aromatic N) is 3. The molecule has 1 aliphatic rings. The molecule has 1 fully saturated rings. The quantitative estimate of drug-likeness (QED) is 0.837. The summed E-state index contributed by atoms with van der Waals surface area (Å²) in [6.07, 6.45) is 5.49. The summed E-state index contributed by atoms with van der Waals surface area (Å²) in [4.78, 5) is 10.8. The van der Waals surface area contributed by atoms with E-state index < -0.39 is 0 Å². The van der Waals surface area contributed by atoms with Crippen LogP contribution >= 0.6 is 0 Å². The monoisotopic (exact) mass is 293 g/mol. The van der Waals surface area contributed by atoms with E-state index in [0.29, 0.717) is 17.4 Å². The third-order valence-corrected chi connectivity index (χ3v) is 3.56. The molecule has 3 N–H and O–H groups in total. The van der Waals surface area contributed by atoms with Gasteiger partial charge < -0.3 is 20.7 Å². The minimum Gasteiger partial charge on any atom is -0.473 e. The van der Waals surface area contributed by atoms with Gasteiger partial charge in [0.15, 0.2) is 5.82 Å². The highest BCUT2D eigenvalue weighted by molar-refractivity contribution is 5.66. The summed E-state index contributed by atoms with van der Waals surface area (Å²) < 4.78 is 5.59. The van der Waals surface area contributed by atoms with Gasteiger partial charge >= 0.3 is 0 Å². The molecule has 0 saturated carbocycles. The number of rotatable bonds is 6. The van der Waals surface area contributed by atoms with Crippen molar-refractivity contribution in [1.29, 1.82) is 0 Å². The van der Waals surface area contributed by atoms with Crippen LogP contribution in [0.5, 0.6) is 5.88 Å². The van der Waals surface area contributed by atoms with Crippen LogP contribution in [0.25, 0.3) is 0 Å². The number of nitrogens with two attached hydrogens (primary N) is 1. The summed E-state index contributed by atoms with van der Waals surface area (Å²) in [5.41, 5.74) is 6.57. The lowest BCUT2D eigenvalue weighted by atomic mass is 10.1. The Labute approximate surface area is 127 Å². The molecule has 0 aliphatic carbocycles. The Morgan fingerprint density at radius 1 is 1.24 bits per heavy atom. The molecule has 118 valence electrons. The summed E-state index contributed by atoms with van der Waals surface area (Å²) in [6.45, 7) is 9.43. The molecular formula is C15H27N5O. The number of nitrogen functional groups attached to an aromatic ring is 1. The fourth-order valence-corrected chi connectivity index (χ4v) is 2.62. The first kappa shape index (κ1) is 15.8. The second kappa shape index (κ2) is 7.45. The van der Waals surface area contributed by atoms with Crippen molar-refractivity contribution >= 4 is 11.5 Å². The van der Waals surface area contributed by atoms with E-state index in [-0.39, 0.29) is 12.1 Å². The number of nitrogens with one attached hydrogen (secondary N) is 1. The average Bonchev–Trinajstić information content (AvgIpc) is 2.44. The molecule has 1 atom stereocenters. The molecule has 6 nitrogen and oxygen atoms in total. The second-order valence-corrected chi connectivity index (χ2v) is 6.01. The Bertz CT molecular complexity index is 446. The molecule has 1 aromatic heterocycles. The fourth-order valence-electron chi connectivity index (χ4n) is 2.62. The summed E-state index contributed by atoms with van der Waals surface area (Å²) >= 11 is 0. The van der Waals surface area contributed by atoms with Crippen molar-refractivity contribution in [2.75, 3.05) is 30.7 Å². The number of ether oxygens (including phenoxy) is 1. The lowest BCUT2D eigenvalue weighted by Crippen LogP contribution is -2.38. The Balaban J connectivity index is 1.94. The van der Waals surface area contributed by atoms with Crippen molar-refractivity contribution in [3.05, 3.63) is 6.33 Å². The van der Waals surface area contributed by atoms with Gasteiger partial charge in [-0.05, 0) is 46.7 Å². The zero-order valence-electron chi connectivity index (χ0n) is 13.3. The third-order valence-electron chi connectivity index (χ3n) is 3.56. The number of anilines is 2. The topological polar surface area (TPSA) is 76.3 Å². The normalized spacial score (nSPS) is 17.7. The molecule has 0 spiro atoms. The third kappa shape index (κ3) is 4.74. The van der Waals surface area contributed by atoms with Crippen LogP contribution in [0.1, 0.15) is 40.0 Å². The predicted molar refractivity (Wildman–Crippen MR) is 85.6 cm³/mol. The second-order valence-electron chi connectivity index (χ2n) is 6.01. The van der Waals surface area contributed by atoms with Gasteiger partial charge in [0.25, 0.3) is 0 Å². The maximum atomic E-state index is 6.09. The first-order valence-corrected chi connectivity index (χ1v) is 7.82. The molecule has 2 rings (SSSR count). The number of aromatic nitrogens is 2. The van der Waals surface area contributed by atoms with Gasteiger partial charge in [-0.3, -0.25) is 0 Å². The predicted octanol–water partition coefficient (Wildman–Crippen LogP) is 2.13. The molecule has 21 heavy (non-hydrogen) atoms. The van der Waals surface area contributed by atoms with Crippen LogP contribution in [0.15, 0.2) is 6.33 Å². The number of piperidine rings is 1. The first-order valence-electron chi connectivity index (χ1n) is 7.82. The highest BCUT2D eigenvalue weighted by atomic mass is 16.5. The Kier molecular flexibility index (Phi) is 5.61. The van der Waals surface area contributed by atoms with Gasteiger partial charge in [-0.25, -0.2) is 4.98 Å². The number of hydrogen-bond acceptors (Lipinski definition) is 6. The van der Waals surface area contributed by atoms with E-state index in [0.717, 1.165) is 6.54 Å². The van der Waals surface area contributed by atoms with Crippen molar-refractivity contribution in [3.8, 4) is 5.88 Å². The van der Waals surface area contributed by atoms with Crippen LogP contribution in [0.4, 0.5) is 11.5 Å². The lowest BCUT2D eigenvalue weighted by molar-refractivity contribution is 0.223. The molecule has 1 unspecified atom stereocenters. The molecule has 6 heteroatoms. The SMILES string of the molecule is CC(CN1CCCCC1)Nc1ncnc(OC(C)C)c1N. The van der Waals surface area contributed by atoms with E-state index in [1.807, 2.05) is 13.8 Å². The van der Waals surface area contributed by atoms with Crippen LogP contribution in [-0.2, 0) is 0 Å². The highest BCUT2D eigenvalue weighted by Crippen LogP contribution is 2.26. The van der Waals surface area contributed by atoms with Gasteiger partial charge in [0.1, 0.15) is 12.0 Å². The van der Waals surface area contributed by atoms with Crippen molar-refractivity contribution in [2.24, 2.45) is 0 Å². The maximum absolute atomic E-state index is 6.09. The van der Waals surface area contributed by atoms with Crippen LogP contribution in [0, 0.1) is 0 Å². The molecule has 2 heterocycles. The zero-order chi connectivity index (χ0) is 15.2. The van der Waals surface area contributed by atoms with Gasteiger partial charge in [0.2, 0.25) is 5.88 Å². The summed E-state index contributed by atoms with van der Waals surface area (Å²) in [6, 6.07) is 0.284. The van der Waals surface area contributed by atoms with E-state index in [1.165, 1.54) is 38.7 Å². The van der Waals surface area contributed by atoms with E-state index in [9.17, 15) is 0 Å². The Hall–Kier alpha value is -1.56. The van der Waals surface area contributed by atoms with Crippen LogP contribution in [0.3, 0.4) is 0 Å². The summed E-state index contributed by atoms with van der Waals surface area (Å²) in [7, 11) is 0. The molecule has 1 aliphatic heterocycles. The van der Waals surface area contributed by atoms with Crippen molar-refractivity contribution in [3.63, 3.8) is 0 Å². The van der Waals surface area contributed by atoms with Crippen LogP contribution in [0.2, 0.25) is 0 Å². The average molecular weight is 293 g/mol. The minimum absolute atomic E-state index is 0.0424. The molecule has 0 bridgehead atoms. The van der Waals surface area contributed by atoms with Crippen LogP contribution < -0.4 is 15.8 Å². The molecule has 1 aromatic rings. The van der Waals surface area contributed by atoms with Gasteiger partial charge in [-0.2, -0.15) is 4.98 Å². The molecule has 1 saturated heterocycles. The number of likely N-dealkylation sites (tertiary alicyclic amines) is 1. The molecule has 0 aromatic carbocycles. The van der Waals surface area contributed by atoms with Crippen molar-refractivity contribution in [2.45, 2.75) is 52.2 Å². The van der Waals surface area contributed by atoms with Crippen molar-refractivity contribution < 1.29 is 4.74 Å². The zero-order valence-corrected chi connectivity index (χ0v) is 13.3. The summed E-state index contributed by atoms with van der Waals surface area (Å²) in [5.74, 6) is 1.11. The van der Waals surface area contributed by atoms with E-state index in [4.69, 9.17) is 10.5 Å². The van der Waals surface area contributed by atoms with E-state index >= 15 is 0 Å². The van der Waals surface area contributed by atoms with E-state index in [1.54, 1.807) is 0 Å². The smallest absolute Gasteiger partial charge is 0.242 e. The van der Waals surface area contributed by atoms with Gasteiger partial charge in [-0.1, -0.05) is 6.42 Å². The lowest BCUT2D eigenvalue weighted by Gasteiger charge is -2.29. The van der Waals surface area contributed by atoms with Crippen LogP contribution in [-0.4, -0.2) is 46.6 Å². The molecule has 0 radical (unpaired) electrons. The standard InChI is InChI=1S/C15H27N5O/c1-11(2)21-15-13(16)14(17-10-18-15)19-12(3)9-20-7-5-4-6-8-20/h10-12H,4-9,16H2,1-3H3,(H,17,18,19). The molecule has 0 amide bonds. The van der Waals surface area contributed by atoms with Crippen molar-refractivity contribution in [1.82, 2.24) is 14.9 Å². The first-order chi connectivity index (χ1) is 10.1. The maximum Gasteiger partial charge on any atom is 0.242 e.